The van der Waals surface area contributed by atoms with Crippen LogP contribution in [0.3, 0.4) is 0 Å². The topological polar surface area (TPSA) is 55.5 Å². The zero-order valence-electron chi connectivity index (χ0n) is 15.6. The Morgan fingerprint density at radius 1 is 0.966 bits per heavy atom. The van der Waals surface area contributed by atoms with Crippen molar-refractivity contribution in [1.29, 1.82) is 0 Å². The first kappa shape index (κ1) is 19.0. The van der Waals surface area contributed by atoms with Crippen LogP contribution in [-0.4, -0.2) is 10.5 Å². The SMILES string of the molecule is O=C(CCn1c(=O)oc2cc(Cl)ccc21)N(Cc1ccccc1)c1ccccc1. The highest BCUT2D eigenvalue weighted by Gasteiger charge is 2.18. The number of carbonyl (C=O) groups excluding carboxylic acids is 1. The second-order valence-corrected chi connectivity index (χ2v) is 7.12. The van der Waals surface area contributed by atoms with Crippen LogP contribution in [-0.2, 0) is 17.9 Å². The van der Waals surface area contributed by atoms with Crippen molar-refractivity contribution in [2.45, 2.75) is 19.5 Å². The van der Waals surface area contributed by atoms with Crippen LogP contribution in [0, 0.1) is 0 Å². The monoisotopic (exact) mass is 406 g/mol. The van der Waals surface area contributed by atoms with Crippen molar-refractivity contribution in [1.82, 2.24) is 4.57 Å². The van der Waals surface area contributed by atoms with Gasteiger partial charge in [0.2, 0.25) is 5.91 Å². The molecule has 0 saturated heterocycles. The van der Waals surface area contributed by atoms with Gasteiger partial charge in [0.25, 0.3) is 0 Å². The summed E-state index contributed by atoms with van der Waals surface area (Å²) in [6.45, 7) is 0.685. The quantitative estimate of drug-likeness (QED) is 0.459. The van der Waals surface area contributed by atoms with E-state index in [1.807, 2.05) is 60.7 Å². The molecule has 0 aliphatic rings. The first-order valence-corrected chi connectivity index (χ1v) is 9.68. The normalized spacial score (nSPS) is 10.9. The van der Waals surface area contributed by atoms with Gasteiger partial charge >= 0.3 is 5.76 Å². The maximum atomic E-state index is 13.1. The molecule has 3 aromatic carbocycles. The molecule has 1 heterocycles. The maximum Gasteiger partial charge on any atom is 0.419 e. The van der Waals surface area contributed by atoms with Crippen LogP contribution in [0.4, 0.5) is 5.69 Å². The van der Waals surface area contributed by atoms with Gasteiger partial charge in [0, 0.05) is 29.7 Å². The molecule has 0 N–H and O–H groups in total. The fourth-order valence-electron chi connectivity index (χ4n) is 3.29. The minimum Gasteiger partial charge on any atom is -0.408 e. The van der Waals surface area contributed by atoms with Crippen LogP contribution in [0.5, 0.6) is 0 Å². The van der Waals surface area contributed by atoms with Gasteiger partial charge in [-0.1, -0.05) is 60.1 Å². The molecule has 0 fully saturated rings. The molecule has 146 valence electrons. The summed E-state index contributed by atoms with van der Waals surface area (Å²) in [7, 11) is 0. The number of fused-ring (bicyclic) bond motifs is 1. The zero-order chi connectivity index (χ0) is 20.2. The Labute approximate surface area is 172 Å². The average Bonchev–Trinajstić information content (AvgIpc) is 3.05. The fourth-order valence-corrected chi connectivity index (χ4v) is 3.45. The van der Waals surface area contributed by atoms with E-state index in [4.69, 9.17) is 16.0 Å². The van der Waals surface area contributed by atoms with Crippen molar-refractivity contribution in [3.63, 3.8) is 0 Å². The first-order valence-electron chi connectivity index (χ1n) is 9.30. The summed E-state index contributed by atoms with van der Waals surface area (Å²) in [5.74, 6) is -0.570. The second-order valence-electron chi connectivity index (χ2n) is 6.68. The molecular formula is C23H19ClN2O3. The number of benzene rings is 3. The summed E-state index contributed by atoms with van der Waals surface area (Å²) >= 11 is 5.96. The number of carbonyl (C=O) groups is 1. The van der Waals surface area contributed by atoms with Crippen molar-refractivity contribution < 1.29 is 9.21 Å². The molecule has 0 bridgehead atoms. The van der Waals surface area contributed by atoms with Gasteiger partial charge in [-0.2, -0.15) is 0 Å². The third-order valence-electron chi connectivity index (χ3n) is 4.73. The predicted octanol–water partition coefficient (Wildman–Crippen LogP) is 4.87. The third-order valence-corrected chi connectivity index (χ3v) is 4.97. The number of para-hydroxylation sites is 1. The Hall–Kier alpha value is -3.31. The lowest BCUT2D eigenvalue weighted by Gasteiger charge is -2.23. The van der Waals surface area contributed by atoms with E-state index in [1.165, 1.54) is 4.57 Å². The van der Waals surface area contributed by atoms with Crippen molar-refractivity contribution in [3.05, 3.63) is 100.0 Å². The van der Waals surface area contributed by atoms with Gasteiger partial charge in [-0.3, -0.25) is 9.36 Å². The first-order chi connectivity index (χ1) is 14.1. The standard InChI is InChI=1S/C23H19ClN2O3/c24-18-11-12-20-21(15-18)29-23(28)25(20)14-13-22(27)26(19-9-5-2-6-10-19)16-17-7-3-1-4-8-17/h1-12,15H,13-14,16H2. The fraction of sp³-hybridized carbons (Fsp3) is 0.130. The summed E-state index contributed by atoms with van der Waals surface area (Å²) in [6.07, 6.45) is 0.166. The molecule has 0 spiro atoms. The minimum absolute atomic E-state index is 0.0738. The number of halogens is 1. The Morgan fingerprint density at radius 3 is 2.38 bits per heavy atom. The Bertz CT molecular complexity index is 1180. The number of nitrogens with zero attached hydrogens (tertiary/aromatic N) is 2. The average molecular weight is 407 g/mol. The summed E-state index contributed by atoms with van der Waals surface area (Å²) in [5.41, 5.74) is 2.89. The van der Waals surface area contributed by atoms with Crippen LogP contribution in [0.2, 0.25) is 5.02 Å². The van der Waals surface area contributed by atoms with Gasteiger partial charge in [-0.05, 0) is 29.8 Å². The van der Waals surface area contributed by atoms with E-state index in [-0.39, 0.29) is 18.9 Å². The molecule has 0 radical (unpaired) electrons. The zero-order valence-corrected chi connectivity index (χ0v) is 16.4. The van der Waals surface area contributed by atoms with Crippen LogP contribution in [0.15, 0.2) is 88.1 Å². The number of aryl methyl sites for hydroxylation is 1. The molecule has 5 nitrogen and oxygen atoms in total. The van der Waals surface area contributed by atoms with Crippen molar-refractivity contribution >= 4 is 34.3 Å². The minimum atomic E-state index is -0.496. The molecule has 0 saturated carbocycles. The number of aromatic nitrogens is 1. The molecule has 0 aliphatic heterocycles. The van der Waals surface area contributed by atoms with Crippen LogP contribution < -0.4 is 10.7 Å². The number of hydrogen-bond acceptors (Lipinski definition) is 3. The van der Waals surface area contributed by atoms with E-state index in [9.17, 15) is 9.59 Å². The molecule has 1 amide bonds. The number of oxazole rings is 1. The number of anilines is 1. The number of hydrogen-bond donors (Lipinski definition) is 0. The summed E-state index contributed by atoms with van der Waals surface area (Å²) in [6, 6.07) is 24.4. The van der Waals surface area contributed by atoms with Crippen LogP contribution in [0.1, 0.15) is 12.0 Å². The van der Waals surface area contributed by atoms with Crippen molar-refractivity contribution in [3.8, 4) is 0 Å². The molecule has 4 aromatic rings. The van der Waals surface area contributed by atoms with E-state index < -0.39 is 5.76 Å². The molecule has 0 unspecified atom stereocenters. The summed E-state index contributed by atoms with van der Waals surface area (Å²) in [4.78, 5) is 27.1. The highest BCUT2D eigenvalue weighted by Crippen LogP contribution is 2.21. The number of rotatable bonds is 6. The third kappa shape index (κ3) is 4.25. The number of amides is 1. The van der Waals surface area contributed by atoms with E-state index in [2.05, 4.69) is 0 Å². The largest absolute Gasteiger partial charge is 0.419 e. The lowest BCUT2D eigenvalue weighted by Crippen LogP contribution is -2.31. The molecule has 4 rings (SSSR count). The molecule has 0 aliphatic carbocycles. The van der Waals surface area contributed by atoms with E-state index in [0.29, 0.717) is 22.7 Å². The Kier molecular flexibility index (Phi) is 5.49. The van der Waals surface area contributed by atoms with Gasteiger partial charge < -0.3 is 9.32 Å². The Morgan fingerprint density at radius 2 is 1.66 bits per heavy atom. The summed E-state index contributed by atoms with van der Waals surface area (Å²) < 4.78 is 6.72. The molecular weight excluding hydrogens is 388 g/mol. The molecule has 6 heteroatoms. The molecule has 29 heavy (non-hydrogen) atoms. The lowest BCUT2D eigenvalue weighted by molar-refractivity contribution is -0.119. The van der Waals surface area contributed by atoms with Crippen LogP contribution in [0.25, 0.3) is 11.1 Å². The second kappa shape index (κ2) is 8.37. The molecule has 0 atom stereocenters. The van der Waals surface area contributed by atoms with E-state index >= 15 is 0 Å². The smallest absolute Gasteiger partial charge is 0.408 e. The highest BCUT2D eigenvalue weighted by atomic mass is 35.5. The predicted molar refractivity (Wildman–Crippen MR) is 114 cm³/mol. The maximum absolute atomic E-state index is 13.1. The van der Waals surface area contributed by atoms with Gasteiger partial charge in [0.15, 0.2) is 5.58 Å². The Balaban J connectivity index is 1.57. The van der Waals surface area contributed by atoms with Gasteiger partial charge in [0.05, 0.1) is 12.1 Å². The van der Waals surface area contributed by atoms with Crippen molar-refractivity contribution in [2.24, 2.45) is 0 Å². The molecule has 1 aromatic heterocycles. The van der Waals surface area contributed by atoms with Gasteiger partial charge in [-0.15, -0.1) is 0 Å². The van der Waals surface area contributed by atoms with Gasteiger partial charge in [0.1, 0.15) is 0 Å². The van der Waals surface area contributed by atoms with Gasteiger partial charge in [-0.25, -0.2) is 4.79 Å². The lowest BCUT2D eigenvalue weighted by atomic mass is 10.2. The van der Waals surface area contributed by atoms with Crippen LogP contribution >= 0.6 is 11.6 Å². The summed E-state index contributed by atoms with van der Waals surface area (Å²) in [5, 5.41) is 0.493. The highest BCUT2D eigenvalue weighted by molar-refractivity contribution is 6.31. The van der Waals surface area contributed by atoms with Crippen molar-refractivity contribution in [2.75, 3.05) is 4.90 Å². The van der Waals surface area contributed by atoms with E-state index in [0.717, 1.165) is 11.3 Å². The van der Waals surface area contributed by atoms with E-state index in [1.54, 1.807) is 23.1 Å².